The van der Waals surface area contributed by atoms with Crippen LogP contribution in [0.5, 0.6) is 0 Å². The summed E-state index contributed by atoms with van der Waals surface area (Å²) in [5, 5.41) is 3.32. The molecule has 4 heteroatoms. The fourth-order valence-corrected chi connectivity index (χ4v) is 7.31. The molecule has 0 aliphatic rings. The number of esters is 1. The molecule has 0 spiro atoms. The van der Waals surface area contributed by atoms with Crippen LogP contribution >= 0.6 is 0 Å². The summed E-state index contributed by atoms with van der Waals surface area (Å²) in [4.78, 5) is 15.0. The first-order valence-corrected chi connectivity index (χ1v) is 21.6. The van der Waals surface area contributed by atoms with Gasteiger partial charge in [-0.3, -0.25) is 4.79 Å². The molecule has 0 aromatic rings. The standard InChI is InChI=1S/C44H88N2O2/c1-8-12-30-41(31-13-9-2)39-40(5)29-24-20-16-17-21-25-32-42(46(7)38-28-37-45-6)33-26-22-18-19-23-27-36-44(47)48-43(34-14-10-3)35-15-11-4/h41-43,45H,5,8-39H2,1-4,6-7H3. The van der Waals surface area contributed by atoms with Gasteiger partial charge in [-0.15, -0.1) is 0 Å². The highest BCUT2D eigenvalue weighted by molar-refractivity contribution is 5.69. The zero-order chi connectivity index (χ0) is 35.5. The molecule has 0 heterocycles. The average molecular weight is 677 g/mol. The van der Waals surface area contributed by atoms with Crippen LogP contribution in [0.3, 0.4) is 0 Å². The van der Waals surface area contributed by atoms with E-state index in [4.69, 9.17) is 4.74 Å². The lowest BCUT2D eigenvalue weighted by atomic mass is 9.88. The van der Waals surface area contributed by atoms with Crippen LogP contribution < -0.4 is 5.32 Å². The summed E-state index contributed by atoms with van der Waals surface area (Å²) in [7, 11) is 4.42. The monoisotopic (exact) mass is 677 g/mol. The highest BCUT2D eigenvalue weighted by Crippen LogP contribution is 2.26. The molecule has 0 bridgehead atoms. The number of unbranched alkanes of at least 4 members (excludes halogenated alkanes) is 14. The Hall–Kier alpha value is -0.870. The van der Waals surface area contributed by atoms with Crippen LogP contribution in [0.15, 0.2) is 12.2 Å². The van der Waals surface area contributed by atoms with Gasteiger partial charge in [0.05, 0.1) is 0 Å². The fourth-order valence-electron chi connectivity index (χ4n) is 7.31. The Morgan fingerprint density at radius 3 is 1.56 bits per heavy atom. The van der Waals surface area contributed by atoms with E-state index in [-0.39, 0.29) is 12.1 Å². The molecule has 0 radical (unpaired) electrons. The third-order valence-electron chi connectivity index (χ3n) is 10.6. The van der Waals surface area contributed by atoms with Gasteiger partial charge in [0, 0.05) is 12.5 Å². The number of hydrogen-bond acceptors (Lipinski definition) is 4. The van der Waals surface area contributed by atoms with E-state index in [2.05, 4.69) is 58.6 Å². The van der Waals surface area contributed by atoms with Gasteiger partial charge in [-0.25, -0.2) is 0 Å². The van der Waals surface area contributed by atoms with Crippen molar-refractivity contribution in [1.29, 1.82) is 0 Å². The highest BCUT2D eigenvalue weighted by Gasteiger charge is 2.15. The molecule has 286 valence electrons. The zero-order valence-electron chi connectivity index (χ0n) is 33.8. The Bertz CT molecular complexity index is 629. The van der Waals surface area contributed by atoms with Crippen molar-refractivity contribution in [3.8, 4) is 0 Å². The van der Waals surface area contributed by atoms with Crippen molar-refractivity contribution < 1.29 is 9.53 Å². The van der Waals surface area contributed by atoms with E-state index < -0.39 is 0 Å². The molecule has 1 N–H and O–H groups in total. The lowest BCUT2D eigenvalue weighted by molar-refractivity contribution is -0.150. The van der Waals surface area contributed by atoms with Gasteiger partial charge in [0.2, 0.25) is 0 Å². The molecule has 4 nitrogen and oxygen atoms in total. The molecule has 0 aromatic heterocycles. The van der Waals surface area contributed by atoms with Crippen molar-refractivity contribution in [2.75, 3.05) is 27.2 Å². The lowest BCUT2D eigenvalue weighted by Crippen LogP contribution is -2.33. The normalized spacial score (nSPS) is 12.4. The minimum Gasteiger partial charge on any atom is -0.462 e. The topological polar surface area (TPSA) is 41.6 Å². The molecule has 0 aliphatic carbocycles. The van der Waals surface area contributed by atoms with Crippen molar-refractivity contribution >= 4 is 5.97 Å². The van der Waals surface area contributed by atoms with Crippen LogP contribution in [0.4, 0.5) is 0 Å². The number of allylic oxidation sites excluding steroid dienone is 1. The third-order valence-corrected chi connectivity index (χ3v) is 10.6. The van der Waals surface area contributed by atoms with Gasteiger partial charge in [-0.1, -0.05) is 168 Å². The van der Waals surface area contributed by atoms with Gasteiger partial charge < -0.3 is 15.0 Å². The molecule has 0 saturated carbocycles. The number of nitrogens with zero attached hydrogens (tertiary/aromatic N) is 1. The first-order valence-electron chi connectivity index (χ1n) is 21.6. The average Bonchev–Trinajstić information content (AvgIpc) is 3.08. The second-order valence-corrected chi connectivity index (χ2v) is 15.4. The van der Waals surface area contributed by atoms with Gasteiger partial charge in [0.15, 0.2) is 0 Å². The van der Waals surface area contributed by atoms with E-state index in [0.717, 1.165) is 57.0 Å². The predicted octanol–water partition coefficient (Wildman–Crippen LogP) is 13.4. The van der Waals surface area contributed by atoms with E-state index in [9.17, 15) is 4.79 Å². The molecule has 1 atom stereocenters. The van der Waals surface area contributed by atoms with Crippen LogP contribution in [0.2, 0.25) is 0 Å². The second-order valence-electron chi connectivity index (χ2n) is 15.4. The first kappa shape index (κ1) is 47.1. The van der Waals surface area contributed by atoms with Crippen molar-refractivity contribution in [2.45, 2.75) is 232 Å². The van der Waals surface area contributed by atoms with E-state index in [0.29, 0.717) is 6.42 Å². The number of hydrogen-bond donors (Lipinski definition) is 1. The molecule has 0 fully saturated rings. The van der Waals surface area contributed by atoms with Crippen LogP contribution in [0.25, 0.3) is 0 Å². The van der Waals surface area contributed by atoms with Gasteiger partial charge in [-0.05, 0) is 90.9 Å². The molecule has 0 saturated heterocycles. The number of ether oxygens (including phenoxy) is 1. The largest absolute Gasteiger partial charge is 0.462 e. The van der Waals surface area contributed by atoms with E-state index in [1.807, 2.05) is 0 Å². The Morgan fingerprint density at radius 2 is 1.06 bits per heavy atom. The number of carbonyl (C=O) groups excluding carboxylic acids is 1. The van der Waals surface area contributed by atoms with Crippen LogP contribution in [-0.2, 0) is 9.53 Å². The number of nitrogens with one attached hydrogen (secondary N) is 1. The maximum atomic E-state index is 12.4. The van der Waals surface area contributed by atoms with E-state index in [1.165, 1.54) is 160 Å². The second kappa shape index (κ2) is 35.9. The summed E-state index contributed by atoms with van der Waals surface area (Å²) in [6.45, 7) is 15.8. The quantitative estimate of drug-likeness (QED) is 0.0401. The van der Waals surface area contributed by atoms with Crippen molar-refractivity contribution in [1.82, 2.24) is 10.2 Å². The predicted molar refractivity (Wildman–Crippen MR) is 214 cm³/mol. The Balaban J connectivity index is 4.20. The number of carbonyl (C=O) groups is 1. The summed E-state index contributed by atoms with van der Waals surface area (Å²) in [5.74, 6) is 0.915. The Labute approximate surface area is 302 Å². The minimum atomic E-state index is 0.0336. The van der Waals surface area contributed by atoms with Gasteiger partial charge in [0.1, 0.15) is 6.10 Å². The molecule has 0 aromatic carbocycles. The van der Waals surface area contributed by atoms with Crippen LogP contribution in [-0.4, -0.2) is 50.2 Å². The van der Waals surface area contributed by atoms with E-state index >= 15 is 0 Å². The Morgan fingerprint density at radius 1 is 0.604 bits per heavy atom. The third kappa shape index (κ3) is 30.0. The lowest BCUT2D eigenvalue weighted by Gasteiger charge is -2.28. The van der Waals surface area contributed by atoms with Crippen LogP contribution in [0.1, 0.15) is 220 Å². The summed E-state index contributed by atoms with van der Waals surface area (Å²) in [6.07, 6.45) is 37.7. The van der Waals surface area contributed by atoms with Crippen molar-refractivity contribution in [3.05, 3.63) is 12.2 Å². The van der Waals surface area contributed by atoms with E-state index in [1.54, 1.807) is 0 Å². The molecule has 0 amide bonds. The highest BCUT2D eigenvalue weighted by atomic mass is 16.5. The zero-order valence-corrected chi connectivity index (χ0v) is 33.8. The first-order chi connectivity index (χ1) is 23.4. The van der Waals surface area contributed by atoms with Gasteiger partial charge in [-0.2, -0.15) is 0 Å². The van der Waals surface area contributed by atoms with Gasteiger partial charge >= 0.3 is 5.97 Å². The maximum Gasteiger partial charge on any atom is 0.306 e. The Kier molecular flexibility index (Phi) is 35.3. The summed E-state index contributed by atoms with van der Waals surface area (Å²) < 4.78 is 5.84. The molecule has 0 aliphatic heterocycles. The van der Waals surface area contributed by atoms with Gasteiger partial charge in [0.25, 0.3) is 0 Å². The molecular formula is C44H88N2O2. The molecular weight excluding hydrogens is 588 g/mol. The van der Waals surface area contributed by atoms with Crippen molar-refractivity contribution in [3.63, 3.8) is 0 Å². The molecule has 48 heavy (non-hydrogen) atoms. The van der Waals surface area contributed by atoms with Crippen LogP contribution in [0, 0.1) is 5.92 Å². The summed E-state index contributed by atoms with van der Waals surface area (Å²) >= 11 is 0. The fraction of sp³-hybridized carbons (Fsp3) is 0.932. The molecule has 0 rings (SSSR count). The maximum absolute atomic E-state index is 12.4. The molecule has 1 unspecified atom stereocenters. The summed E-state index contributed by atoms with van der Waals surface area (Å²) in [6, 6.07) is 0.724. The van der Waals surface area contributed by atoms with Crippen molar-refractivity contribution in [2.24, 2.45) is 5.92 Å². The SMILES string of the molecule is C=C(CCCCCCCCC(CCCCCCCCC(=O)OC(CCCC)CCCC)N(C)CCCNC)CC(CCCC)CCCC. The smallest absolute Gasteiger partial charge is 0.306 e. The minimum absolute atomic E-state index is 0.0336. The summed E-state index contributed by atoms with van der Waals surface area (Å²) in [5.41, 5.74) is 1.52. The number of rotatable bonds is 38.